The van der Waals surface area contributed by atoms with Gasteiger partial charge in [-0.25, -0.2) is 9.37 Å². The van der Waals surface area contributed by atoms with E-state index in [0.717, 1.165) is 0 Å². The number of nitrogen functional groups attached to an aromatic ring is 1. The highest BCUT2D eigenvalue weighted by molar-refractivity contribution is 6.49. The first-order valence-electron chi connectivity index (χ1n) is 14.0. The van der Waals surface area contributed by atoms with Crippen LogP contribution in [-0.2, 0) is 4.79 Å². The van der Waals surface area contributed by atoms with Crippen molar-refractivity contribution in [1.29, 1.82) is 5.26 Å². The minimum Gasteiger partial charge on any atom is -0.397 e. The molecule has 0 saturated carbocycles. The highest BCUT2D eigenvalue weighted by Gasteiger charge is 2.35. The van der Waals surface area contributed by atoms with Gasteiger partial charge in [-0.1, -0.05) is 79.8 Å². The number of hydrogen-bond donors (Lipinski definition) is 1. The normalized spacial score (nSPS) is 18.4. The molecule has 2 aliphatic heterocycles. The first-order valence-corrected chi connectivity index (χ1v) is 15.6. The summed E-state index contributed by atoms with van der Waals surface area (Å²) in [4.78, 5) is 39.6. The van der Waals surface area contributed by atoms with Crippen molar-refractivity contribution in [3.63, 3.8) is 0 Å². The smallest absolute Gasteiger partial charge is 0.272 e. The Morgan fingerprint density at radius 3 is 2.44 bits per heavy atom. The summed E-state index contributed by atoms with van der Waals surface area (Å²) >= 11 is 25.4. The summed E-state index contributed by atoms with van der Waals surface area (Å²) in [7, 11) is 0. The van der Waals surface area contributed by atoms with Gasteiger partial charge in [0.2, 0.25) is 5.91 Å². The number of nitrogens with zero attached hydrogens (tertiary/aromatic N) is 6. The van der Waals surface area contributed by atoms with E-state index in [2.05, 4.69) is 17.6 Å². The molecule has 0 aliphatic carbocycles. The van der Waals surface area contributed by atoms with E-state index in [1.807, 2.05) is 31.7 Å². The molecule has 2 atom stereocenters. The topological polar surface area (TPSA) is 121 Å². The van der Waals surface area contributed by atoms with Crippen LogP contribution in [0.4, 0.5) is 15.8 Å². The van der Waals surface area contributed by atoms with Crippen molar-refractivity contribution < 1.29 is 9.18 Å². The first-order chi connectivity index (χ1) is 21.3. The molecule has 0 bridgehead atoms. The van der Waals surface area contributed by atoms with E-state index in [0.29, 0.717) is 43.0 Å². The standard InChI is InChI=1S/C31H28Cl4FN7O2/c1-5-19(44)41-8-10-42(11-9-41)29-16-12-18(32)27(20-24(36)22(34)21(33)23(35)25(20)38)40-30(16)43(31(45)17(29)13-37)28-15(4)6-7-39-26(28)14(2)3/h5-7,12,14-15,28H,1,8-11,38H2,2-4H3/t15-,28-/m1/s1. The van der Waals surface area contributed by atoms with Gasteiger partial charge in [0.05, 0.1) is 48.8 Å². The molecule has 14 heteroatoms. The fourth-order valence-corrected chi connectivity index (χ4v) is 6.74. The predicted octanol–water partition coefficient (Wildman–Crippen LogP) is 6.91. The molecular weight excluding hydrogens is 663 g/mol. The van der Waals surface area contributed by atoms with Crippen LogP contribution >= 0.6 is 46.4 Å². The summed E-state index contributed by atoms with van der Waals surface area (Å²) in [6, 6.07) is 3.01. The predicted molar refractivity (Wildman–Crippen MR) is 179 cm³/mol. The Balaban J connectivity index is 1.88. The van der Waals surface area contributed by atoms with E-state index in [9.17, 15) is 14.9 Å². The Morgan fingerprint density at radius 1 is 1.18 bits per heavy atom. The Kier molecular flexibility index (Phi) is 9.20. The maximum atomic E-state index is 15.7. The fourth-order valence-electron chi connectivity index (χ4n) is 5.89. The molecule has 1 saturated heterocycles. The molecule has 1 amide bonds. The molecule has 0 spiro atoms. The van der Waals surface area contributed by atoms with Crippen LogP contribution in [0.1, 0.15) is 32.4 Å². The number of piperazine rings is 1. The Hall–Kier alpha value is -3.62. The van der Waals surface area contributed by atoms with Crippen molar-refractivity contribution in [1.82, 2.24) is 14.5 Å². The molecule has 4 heterocycles. The van der Waals surface area contributed by atoms with Crippen LogP contribution in [0.2, 0.25) is 20.1 Å². The number of halogens is 5. The number of aliphatic imine (C=N–C) groups is 1. The van der Waals surface area contributed by atoms with Crippen LogP contribution in [0.15, 0.2) is 40.8 Å². The number of allylic oxidation sites excluding steroid dienone is 1. The number of amides is 1. The van der Waals surface area contributed by atoms with Crippen molar-refractivity contribution in [3.05, 3.63) is 72.8 Å². The summed E-state index contributed by atoms with van der Waals surface area (Å²) in [5, 5.41) is 9.85. The number of aromatic nitrogens is 2. The zero-order valence-corrected chi connectivity index (χ0v) is 27.6. The van der Waals surface area contributed by atoms with Crippen LogP contribution < -0.4 is 16.2 Å². The number of benzene rings is 1. The minimum absolute atomic E-state index is 0.0345. The van der Waals surface area contributed by atoms with Crippen molar-refractivity contribution in [2.75, 3.05) is 36.8 Å². The lowest BCUT2D eigenvalue weighted by atomic mass is 9.88. The third kappa shape index (κ3) is 5.46. The molecule has 2 aliphatic rings. The van der Waals surface area contributed by atoms with Gasteiger partial charge >= 0.3 is 0 Å². The molecule has 234 valence electrons. The van der Waals surface area contributed by atoms with E-state index in [1.165, 1.54) is 16.7 Å². The van der Waals surface area contributed by atoms with E-state index < -0.39 is 22.4 Å². The van der Waals surface area contributed by atoms with Crippen molar-refractivity contribution in [3.8, 4) is 17.3 Å². The minimum atomic E-state index is -0.985. The summed E-state index contributed by atoms with van der Waals surface area (Å²) in [6.07, 6.45) is 4.79. The number of nitrogens with two attached hydrogens (primary N) is 1. The highest BCUT2D eigenvalue weighted by atomic mass is 35.5. The number of pyridine rings is 2. The Morgan fingerprint density at radius 2 is 1.84 bits per heavy atom. The first kappa shape index (κ1) is 32.8. The molecule has 45 heavy (non-hydrogen) atoms. The fraction of sp³-hybridized carbons (Fsp3) is 0.323. The lowest BCUT2D eigenvalue weighted by Gasteiger charge is -2.37. The largest absolute Gasteiger partial charge is 0.397 e. The van der Waals surface area contributed by atoms with Gasteiger partial charge in [-0.15, -0.1) is 0 Å². The van der Waals surface area contributed by atoms with Gasteiger partial charge in [-0.2, -0.15) is 5.26 Å². The number of fused-ring (bicyclic) bond motifs is 1. The molecular formula is C31H28Cl4FN7O2. The van der Waals surface area contributed by atoms with Gasteiger partial charge < -0.3 is 15.5 Å². The van der Waals surface area contributed by atoms with Crippen LogP contribution in [-0.4, -0.2) is 52.2 Å². The summed E-state index contributed by atoms with van der Waals surface area (Å²) < 4.78 is 17.1. The van der Waals surface area contributed by atoms with Crippen LogP contribution in [0.25, 0.3) is 22.3 Å². The van der Waals surface area contributed by atoms with Gasteiger partial charge in [-0.3, -0.25) is 19.1 Å². The lowest BCUT2D eigenvalue weighted by molar-refractivity contribution is -0.126. The number of rotatable bonds is 5. The Labute approximate surface area is 278 Å². The zero-order chi connectivity index (χ0) is 32.9. The number of anilines is 2. The van der Waals surface area contributed by atoms with Crippen molar-refractivity contribution >= 4 is 80.4 Å². The highest BCUT2D eigenvalue weighted by Crippen LogP contribution is 2.46. The summed E-state index contributed by atoms with van der Waals surface area (Å²) in [5.74, 6) is -1.50. The van der Waals surface area contributed by atoms with E-state index >= 15 is 4.39 Å². The second kappa shape index (κ2) is 12.6. The molecule has 9 nitrogen and oxygen atoms in total. The number of hydrogen-bond acceptors (Lipinski definition) is 7. The lowest BCUT2D eigenvalue weighted by Crippen LogP contribution is -2.49. The second-order valence-electron chi connectivity index (χ2n) is 11.1. The average molecular weight is 691 g/mol. The average Bonchev–Trinajstić information content (AvgIpc) is 3.02. The number of nitriles is 1. The zero-order valence-electron chi connectivity index (χ0n) is 24.5. The van der Waals surface area contributed by atoms with Gasteiger partial charge in [0.1, 0.15) is 17.3 Å². The monoisotopic (exact) mass is 689 g/mol. The van der Waals surface area contributed by atoms with Crippen LogP contribution in [0.3, 0.4) is 0 Å². The van der Waals surface area contributed by atoms with Gasteiger partial charge in [0, 0.05) is 49.4 Å². The molecule has 1 aromatic carbocycles. The second-order valence-corrected chi connectivity index (χ2v) is 12.7. The van der Waals surface area contributed by atoms with Gasteiger partial charge in [-0.05, 0) is 18.1 Å². The number of carbonyl (C=O) groups is 1. The van der Waals surface area contributed by atoms with E-state index in [4.69, 9.17) is 57.1 Å². The van der Waals surface area contributed by atoms with Crippen LogP contribution in [0, 0.1) is 29.0 Å². The third-order valence-electron chi connectivity index (χ3n) is 8.13. The maximum Gasteiger partial charge on any atom is 0.272 e. The molecule has 1 fully saturated rings. The molecule has 0 unspecified atom stereocenters. The van der Waals surface area contributed by atoms with Crippen molar-refractivity contribution in [2.24, 2.45) is 16.8 Å². The SMILES string of the molecule is C=CC(=O)N1CCN(c2c(C#N)c(=O)n([C@H]3C(C(C)C)=NC=C[C@H]3C)c3nc(-c4c(N)c(Cl)c(Cl)c(Cl)c4F)c(Cl)cc23)CC1. The summed E-state index contributed by atoms with van der Waals surface area (Å²) in [5.41, 5.74) is 6.00. The summed E-state index contributed by atoms with van der Waals surface area (Å²) in [6.45, 7) is 10.7. The number of carbonyl (C=O) groups excluding carboxylic acids is 1. The van der Waals surface area contributed by atoms with Gasteiger partial charge in [0.15, 0.2) is 5.82 Å². The molecule has 0 radical (unpaired) electrons. The quantitative estimate of drug-likeness (QED) is 0.135. The molecule has 2 N–H and O–H groups in total. The maximum absolute atomic E-state index is 15.7. The molecule has 3 aromatic rings. The third-order valence-corrected chi connectivity index (χ3v) is 9.73. The van der Waals surface area contributed by atoms with E-state index in [1.54, 1.807) is 11.1 Å². The molecule has 2 aromatic heterocycles. The van der Waals surface area contributed by atoms with Crippen LogP contribution in [0.5, 0.6) is 0 Å². The van der Waals surface area contributed by atoms with Gasteiger partial charge in [0.25, 0.3) is 5.56 Å². The van der Waals surface area contributed by atoms with E-state index in [-0.39, 0.29) is 61.0 Å². The van der Waals surface area contributed by atoms with Crippen molar-refractivity contribution in [2.45, 2.75) is 26.8 Å². The Bertz CT molecular complexity index is 1900. The molecule has 5 rings (SSSR count).